The Kier molecular flexibility index (Phi) is 7.76. The monoisotopic (exact) mass is 572 g/mol. The fraction of sp³-hybridized carbons (Fsp3) is 0.500. The molecular formula is C30H35F3N4O4. The fourth-order valence-corrected chi connectivity index (χ4v) is 6.19. The van der Waals surface area contributed by atoms with Crippen LogP contribution in [0.15, 0.2) is 42.5 Å². The molecule has 41 heavy (non-hydrogen) atoms. The Hall–Kier alpha value is -3.60. The number of benzene rings is 2. The number of aromatic nitrogens is 2. The number of fused-ring (bicyclic) bond motifs is 2. The van der Waals surface area contributed by atoms with Gasteiger partial charge in [-0.1, -0.05) is 36.4 Å². The van der Waals surface area contributed by atoms with Crippen molar-refractivity contribution in [2.24, 2.45) is 5.41 Å². The number of carbonyl (C=O) groups excluding carboxylic acids is 1. The second-order valence-electron chi connectivity index (χ2n) is 11.9. The van der Waals surface area contributed by atoms with E-state index < -0.39 is 12.1 Å². The number of amides is 1. The van der Waals surface area contributed by atoms with Gasteiger partial charge in [0.15, 0.2) is 5.69 Å². The van der Waals surface area contributed by atoms with Crippen molar-refractivity contribution in [1.82, 2.24) is 20.0 Å². The van der Waals surface area contributed by atoms with Crippen molar-refractivity contribution in [3.8, 4) is 5.75 Å². The van der Waals surface area contributed by atoms with Gasteiger partial charge >= 0.3 is 12.1 Å². The number of ether oxygens (including phenoxy) is 1. The molecule has 11 heteroatoms. The third-order valence-corrected chi connectivity index (χ3v) is 8.51. The molecule has 8 nitrogen and oxygen atoms in total. The number of hydrogen-bond acceptors (Lipinski definition) is 5. The first kappa shape index (κ1) is 28.9. The first-order valence-electron chi connectivity index (χ1n) is 13.9. The van der Waals surface area contributed by atoms with E-state index in [9.17, 15) is 18.0 Å². The summed E-state index contributed by atoms with van der Waals surface area (Å²) in [6, 6.07) is 14.5. The van der Waals surface area contributed by atoms with E-state index in [0.717, 1.165) is 68.6 Å². The van der Waals surface area contributed by atoms with Crippen LogP contribution in [0, 0.1) is 5.41 Å². The lowest BCUT2D eigenvalue weighted by Crippen LogP contribution is -2.48. The number of carbonyl (C=O) groups is 2. The molecular weight excluding hydrogens is 537 g/mol. The van der Waals surface area contributed by atoms with Crippen molar-refractivity contribution in [3.05, 3.63) is 59.3 Å². The number of halogens is 3. The average molecular weight is 573 g/mol. The van der Waals surface area contributed by atoms with E-state index in [0.29, 0.717) is 11.1 Å². The zero-order chi connectivity index (χ0) is 29.4. The zero-order valence-electron chi connectivity index (χ0n) is 23.3. The standard InChI is InChI=1S/C28H34N4O2.C2HF3O2/c1-27(2)18-20-6-5-7-21(25(20)34-27)19-31-14-10-28(11-15-31)12-16-32(17-13-28)26(33)24-22-8-3-4-9-23(22)29-30-24;3-2(4,5)1(6)7/h3-9H,10-19H2,1-2H3,(H,29,30);(H,6,7). The molecule has 220 valence electrons. The number of carboxylic acids is 1. The smallest absolute Gasteiger partial charge is 0.487 e. The highest BCUT2D eigenvalue weighted by Gasteiger charge is 2.40. The lowest BCUT2D eigenvalue weighted by atomic mass is 9.71. The Bertz CT molecular complexity index is 1420. The summed E-state index contributed by atoms with van der Waals surface area (Å²) in [7, 11) is 0. The number of nitrogens with zero attached hydrogens (tertiary/aromatic N) is 3. The molecule has 4 heterocycles. The quantitative estimate of drug-likeness (QED) is 0.435. The number of hydrogen-bond donors (Lipinski definition) is 2. The largest absolute Gasteiger partial charge is 0.490 e. The van der Waals surface area contributed by atoms with Crippen LogP contribution in [0.5, 0.6) is 5.75 Å². The lowest BCUT2D eigenvalue weighted by molar-refractivity contribution is -0.192. The van der Waals surface area contributed by atoms with Crippen LogP contribution in [0.1, 0.15) is 61.1 Å². The molecule has 1 spiro atoms. The van der Waals surface area contributed by atoms with Crippen LogP contribution in [0.4, 0.5) is 13.2 Å². The Morgan fingerprint density at radius 3 is 2.29 bits per heavy atom. The fourth-order valence-electron chi connectivity index (χ4n) is 6.19. The Morgan fingerprint density at radius 2 is 1.63 bits per heavy atom. The second kappa shape index (κ2) is 11.0. The van der Waals surface area contributed by atoms with Crippen LogP contribution in [0.25, 0.3) is 10.9 Å². The number of likely N-dealkylation sites (tertiary alicyclic amines) is 2. The number of alkyl halides is 3. The van der Waals surface area contributed by atoms with Gasteiger partial charge in [0, 0.05) is 37.0 Å². The normalized spacial score (nSPS) is 19.8. The third kappa shape index (κ3) is 6.34. The summed E-state index contributed by atoms with van der Waals surface area (Å²) in [5.74, 6) is -1.58. The van der Waals surface area contributed by atoms with Crippen molar-refractivity contribution < 1.29 is 32.6 Å². The van der Waals surface area contributed by atoms with Crippen LogP contribution >= 0.6 is 0 Å². The number of aliphatic carboxylic acids is 1. The minimum atomic E-state index is -5.08. The summed E-state index contributed by atoms with van der Waals surface area (Å²) in [6.07, 6.45) is 0.506. The van der Waals surface area contributed by atoms with E-state index >= 15 is 0 Å². The SMILES string of the molecule is CC1(C)Cc2cccc(CN3CCC4(CC3)CCN(C(=O)c3n[nH]c5ccccc35)CC4)c2O1.O=C(O)C(F)(F)F. The molecule has 0 aliphatic carbocycles. The Morgan fingerprint density at radius 1 is 1.00 bits per heavy atom. The highest BCUT2D eigenvalue weighted by Crippen LogP contribution is 2.43. The molecule has 3 aliphatic rings. The first-order valence-corrected chi connectivity index (χ1v) is 13.9. The van der Waals surface area contributed by atoms with Crippen molar-refractivity contribution in [3.63, 3.8) is 0 Å². The van der Waals surface area contributed by atoms with Crippen LogP contribution in [0.2, 0.25) is 0 Å². The van der Waals surface area contributed by atoms with Crippen LogP contribution in [0.3, 0.4) is 0 Å². The predicted molar refractivity (Wildman–Crippen MR) is 147 cm³/mol. The third-order valence-electron chi connectivity index (χ3n) is 8.51. The van der Waals surface area contributed by atoms with E-state index in [4.69, 9.17) is 14.6 Å². The van der Waals surface area contributed by atoms with Crippen LogP contribution < -0.4 is 4.74 Å². The molecule has 2 saturated heterocycles. The van der Waals surface area contributed by atoms with E-state index in [1.54, 1.807) is 0 Å². The van der Waals surface area contributed by atoms with Gasteiger partial charge in [-0.15, -0.1) is 0 Å². The summed E-state index contributed by atoms with van der Waals surface area (Å²) >= 11 is 0. The number of piperidine rings is 2. The summed E-state index contributed by atoms with van der Waals surface area (Å²) in [4.78, 5) is 26.7. The molecule has 0 saturated carbocycles. The van der Waals surface area contributed by atoms with Gasteiger partial charge < -0.3 is 14.7 Å². The summed E-state index contributed by atoms with van der Waals surface area (Å²) in [6.45, 7) is 9.20. The van der Waals surface area contributed by atoms with E-state index in [2.05, 4.69) is 47.1 Å². The molecule has 0 atom stereocenters. The molecule has 3 aromatic rings. The lowest BCUT2D eigenvalue weighted by Gasteiger charge is -2.47. The van der Waals surface area contributed by atoms with Gasteiger partial charge in [-0.25, -0.2) is 4.79 Å². The minimum absolute atomic E-state index is 0.0607. The number of H-pyrrole nitrogens is 1. The first-order chi connectivity index (χ1) is 19.4. The number of rotatable bonds is 3. The maximum absolute atomic E-state index is 13.2. The molecule has 2 N–H and O–H groups in total. The average Bonchev–Trinajstić information content (AvgIpc) is 3.50. The molecule has 3 aliphatic heterocycles. The minimum Gasteiger partial charge on any atom is -0.487 e. The number of carboxylic acid groups (broad SMARTS) is 1. The topological polar surface area (TPSA) is 98.8 Å². The van der Waals surface area contributed by atoms with Crippen molar-refractivity contribution in [2.75, 3.05) is 26.2 Å². The summed E-state index contributed by atoms with van der Waals surface area (Å²) in [5, 5.41) is 15.4. The Labute approximate surface area is 236 Å². The van der Waals surface area contributed by atoms with E-state index in [1.165, 1.54) is 24.0 Å². The number of nitrogens with one attached hydrogen (secondary N) is 1. The highest BCUT2D eigenvalue weighted by atomic mass is 19.4. The van der Waals surface area contributed by atoms with Crippen molar-refractivity contribution in [1.29, 1.82) is 0 Å². The van der Waals surface area contributed by atoms with Gasteiger partial charge in [-0.05, 0) is 69.7 Å². The molecule has 1 amide bonds. The van der Waals surface area contributed by atoms with Crippen LogP contribution in [-0.2, 0) is 17.8 Å². The van der Waals surface area contributed by atoms with Gasteiger partial charge in [-0.2, -0.15) is 18.3 Å². The highest BCUT2D eigenvalue weighted by molar-refractivity contribution is 6.04. The van der Waals surface area contributed by atoms with E-state index in [1.807, 2.05) is 29.2 Å². The Balaban J connectivity index is 0.000000431. The number of para-hydroxylation sites is 2. The van der Waals surface area contributed by atoms with Gasteiger partial charge in [0.25, 0.3) is 5.91 Å². The van der Waals surface area contributed by atoms with Gasteiger partial charge in [-0.3, -0.25) is 14.8 Å². The van der Waals surface area contributed by atoms with Gasteiger partial charge in [0.2, 0.25) is 0 Å². The predicted octanol–water partition coefficient (Wildman–Crippen LogP) is 5.43. The van der Waals surface area contributed by atoms with E-state index in [-0.39, 0.29) is 11.5 Å². The van der Waals surface area contributed by atoms with Crippen molar-refractivity contribution in [2.45, 2.75) is 64.3 Å². The number of aromatic amines is 1. The van der Waals surface area contributed by atoms with Gasteiger partial charge in [0.1, 0.15) is 11.4 Å². The zero-order valence-corrected chi connectivity index (χ0v) is 23.3. The molecule has 0 bridgehead atoms. The molecule has 1 aromatic heterocycles. The van der Waals surface area contributed by atoms with Crippen LogP contribution in [-0.4, -0.2) is 74.9 Å². The molecule has 0 unspecified atom stereocenters. The summed E-state index contributed by atoms with van der Waals surface area (Å²) in [5.41, 5.74) is 4.42. The molecule has 2 fully saturated rings. The second-order valence-corrected chi connectivity index (χ2v) is 11.9. The maximum atomic E-state index is 13.2. The maximum Gasteiger partial charge on any atom is 0.490 e. The molecule has 6 rings (SSSR count). The molecule has 0 radical (unpaired) electrons. The van der Waals surface area contributed by atoms with Gasteiger partial charge in [0.05, 0.1) is 5.52 Å². The summed E-state index contributed by atoms with van der Waals surface area (Å²) < 4.78 is 38.0. The molecule has 2 aromatic carbocycles. The van der Waals surface area contributed by atoms with Crippen molar-refractivity contribution >= 4 is 22.8 Å².